The molecule has 0 bridgehead atoms. The lowest BCUT2D eigenvalue weighted by Gasteiger charge is -2.43. The molecule has 2 aliphatic heterocycles. The zero-order chi connectivity index (χ0) is 27.1. The number of rotatable bonds is 11. The molecule has 1 saturated carbocycles. The Balaban J connectivity index is 1.31. The van der Waals surface area contributed by atoms with Gasteiger partial charge in [-0.05, 0) is 55.9 Å². The minimum Gasteiger partial charge on any atom is -0.346 e. The van der Waals surface area contributed by atoms with Gasteiger partial charge in [-0.3, -0.25) is 19.2 Å². The molecule has 2 saturated heterocycles. The van der Waals surface area contributed by atoms with E-state index in [1.165, 1.54) is 19.3 Å². The van der Waals surface area contributed by atoms with Crippen LogP contribution in [0.2, 0.25) is 0 Å². The van der Waals surface area contributed by atoms with Gasteiger partial charge in [-0.1, -0.05) is 63.4 Å². The first kappa shape index (κ1) is 28.1. The van der Waals surface area contributed by atoms with Gasteiger partial charge in [0.15, 0.2) is 0 Å². The Kier molecular flexibility index (Phi) is 9.80. The molecule has 1 aromatic rings. The summed E-state index contributed by atoms with van der Waals surface area (Å²) in [7, 11) is 0. The van der Waals surface area contributed by atoms with Crippen molar-refractivity contribution in [3.05, 3.63) is 35.9 Å². The highest BCUT2D eigenvalue weighted by molar-refractivity contribution is 6.36. The van der Waals surface area contributed by atoms with Crippen molar-refractivity contribution < 1.29 is 19.2 Å². The normalized spacial score (nSPS) is 23.4. The number of unbranched alkanes of at least 4 members (excludes halogenated alkanes) is 1. The Morgan fingerprint density at radius 3 is 2.32 bits per heavy atom. The molecule has 4 amide bonds. The van der Waals surface area contributed by atoms with E-state index in [-0.39, 0.29) is 23.9 Å². The summed E-state index contributed by atoms with van der Waals surface area (Å²) in [6.45, 7) is 7.06. The number of hydrogen-bond donors (Lipinski definition) is 1. The predicted octanol–water partition coefficient (Wildman–Crippen LogP) is 3.35. The minimum atomic E-state index is -0.552. The molecule has 8 nitrogen and oxygen atoms in total. The van der Waals surface area contributed by atoms with Crippen LogP contribution in [-0.2, 0) is 25.7 Å². The highest BCUT2D eigenvalue weighted by Gasteiger charge is 2.40. The highest BCUT2D eigenvalue weighted by Crippen LogP contribution is 2.28. The summed E-state index contributed by atoms with van der Waals surface area (Å²) in [4.78, 5) is 56.2. The number of piperazine rings is 2. The first-order chi connectivity index (χ1) is 18.3. The Morgan fingerprint density at radius 1 is 0.868 bits per heavy atom. The van der Waals surface area contributed by atoms with E-state index in [4.69, 9.17) is 0 Å². The van der Waals surface area contributed by atoms with Crippen LogP contribution in [0.5, 0.6) is 0 Å². The molecule has 2 heterocycles. The lowest BCUT2D eigenvalue weighted by molar-refractivity contribution is -0.160. The minimum absolute atomic E-state index is 0.0784. The topological polar surface area (TPSA) is 90.0 Å². The standard InChI is InChI=1S/C30H44N4O4/c1-22(2)17-26-21-32(29(37)30(38)34(26)20-24-13-7-4-8-14-24)16-10-9-15-25-18-31-27(35)28(36)33(25)19-23-11-5-3-6-12-23/h3,5-6,11-12,22,24-26H,4,7-10,13-21H2,1-2H3,(H,31,35)/t25-,26+/m1/s1. The van der Waals surface area contributed by atoms with Crippen molar-refractivity contribution in [3.63, 3.8) is 0 Å². The van der Waals surface area contributed by atoms with Crippen LogP contribution in [0.4, 0.5) is 0 Å². The predicted molar refractivity (Wildman–Crippen MR) is 146 cm³/mol. The monoisotopic (exact) mass is 524 g/mol. The number of nitrogens with zero attached hydrogens (tertiary/aromatic N) is 3. The van der Waals surface area contributed by atoms with Crippen molar-refractivity contribution in [2.24, 2.45) is 11.8 Å². The summed E-state index contributed by atoms with van der Waals surface area (Å²) in [6.07, 6.45) is 9.23. The fraction of sp³-hybridized carbons (Fsp3) is 0.667. The van der Waals surface area contributed by atoms with E-state index in [9.17, 15) is 19.2 Å². The zero-order valence-corrected chi connectivity index (χ0v) is 23.1. The third-order valence-electron chi connectivity index (χ3n) is 8.33. The molecule has 1 N–H and O–H groups in total. The van der Waals surface area contributed by atoms with E-state index in [1.54, 1.807) is 9.80 Å². The molecule has 3 aliphatic rings. The number of nitrogens with one attached hydrogen (secondary N) is 1. The van der Waals surface area contributed by atoms with Gasteiger partial charge in [0.1, 0.15) is 0 Å². The average molecular weight is 525 g/mol. The van der Waals surface area contributed by atoms with E-state index in [2.05, 4.69) is 19.2 Å². The SMILES string of the molecule is CC(C)C[C@H]1CN(CCCC[C@@H]2CNC(=O)C(=O)N2Cc2ccccc2)C(=O)C(=O)N1CC1CCCCC1. The van der Waals surface area contributed by atoms with Crippen LogP contribution in [0.25, 0.3) is 0 Å². The maximum Gasteiger partial charge on any atom is 0.312 e. The van der Waals surface area contributed by atoms with Crippen molar-refractivity contribution in [2.45, 2.75) is 90.3 Å². The van der Waals surface area contributed by atoms with Crippen molar-refractivity contribution in [3.8, 4) is 0 Å². The van der Waals surface area contributed by atoms with Gasteiger partial charge in [0.2, 0.25) is 0 Å². The fourth-order valence-corrected chi connectivity index (χ4v) is 6.29. The average Bonchev–Trinajstić information content (AvgIpc) is 2.91. The van der Waals surface area contributed by atoms with Crippen molar-refractivity contribution in [2.75, 3.05) is 26.2 Å². The number of benzene rings is 1. The fourth-order valence-electron chi connectivity index (χ4n) is 6.29. The third kappa shape index (κ3) is 7.14. The van der Waals surface area contributed by atoms with E-state index < -0.39 is 11.8 Å². The quantitative estimate of drug-likeness (QED) is 0.355. The van der Waals surface area contributed by atoms with E-state index in [1.807, 2.05) is 35.2 Å². The van der Waals surface area contributed by atoms with Crippen LogP contribution in [0.3, 0.4) is 0 Å². The van der Waals surface area contributed by atoms with Crippen LogP contribution < -0.4 is 5.32 Å². The smallest absolute Gasteiger partial charge is 0.312 e. The zero-order valence-electron chi connectivity index (χ0n) is 23.1. The molecule has 0 radical (unpaired) electrons. The van der Waals surface area contributed by atoms with Gasteiger partial charge in [0, 0.05) is 38.8 Å². The van der Waals surface area contributed by atoms with Gasteiger partial charge in [0.05, 0.1) is 6.04 Å². The van der Waals surface area contributed by atoms with E-state index in [0.29, 0.717) is 44.6 Å². The van der Waals surface area contributed by atoms with Gasteiger partial charge < -0.3 is 20.0 Å². The molecule has 208 valence electrons. The maximum absolute atomic E-state index is 13.2. The first-order valence-electron chi connectivity index (χ1n) is 14.6. The lowest BCUT2D eigenvalue weighted by Crippen LogP contribution is -2.60. The van der Waals surface area contributed by atoms with E-state index in [0.717, 1.165) is 44.1 Å². The molecule has 3 fully saturated rings. The first-order valence-corrected chi connectivity index (χ1v) is 14.6. The molecule has 1 aliphatic carbocycles. The van der Waals surface area contributed by atoms with Gasteiger partial charge in [-0.15, -0.1) is 0 Å². The number of hydrogen-bond acceptors (Lipinski definition) is 4. The highest BCUT2D eigenvalue weighted by atomic mass is 16.2. The molecular weight excluding hydrogens is 480 g/mol. The van der Waals surface area contributed by atoms with Gasteiger partial charge in [-0.2, -0.15) is 0 Å². The summed E-state index contributed by atoms with van der Waals surface area (Å²) in [5, 5.41) is 2.72. The van der Waals surface area contributed by atoms with Crippen LogP contribution in [0, 0.1) is 11.8 Å². The van der Waals surface area contributed by atoms with Crippen molar-refractivity contribution in [1.29, 1.82) is 0 Å². The van der Waals surface area contributed by atoms with Crippen molar-refractivity contribution in [1.82, 2.24) is 20.0 Å². The third-order valence-corrected chi connectivity index (χ3v) is 8.33. The number of amides is 4. The Hall–Kier alpha value is -2.90. The summed E-state index contributed by atoms with van der Waals surface area (Å²) in [6, 6.07) is 9.70. The van der Waals surface area contributed by atoms with Crippen molar-refractivity contribution >= 4 is 23.6 Å². The second kappa shape index (κ2) is 13.3. The Morgan fingerprint density at radius 2 is 1.61 bits per heavy atom. The van der Waals surface area contributed by atoms with Gasteiger partial charge >= 0.3 is 23.6 Å². The molecule has 0 aromatic heterocycles. The summed E-state index contributed by atoms with van der Waals surface area (Å²) in [5.74, 6) is -0.778. The maximum atomic E-state index is 13.2. The largest absolute Gasteiger partial charge is 0.346 e. The second-order valence-corrected chi connectivity index (χ2v) is 11.8. The Labute approximate surface area is 227 Å². The van der Waals surface area contributed by atoms with Crippen LogP contribution >= 0.6 is 0 Å². The Bertz CT molecular complexity index is 976. The summed E-state index contributed by atoms with van der Waals surface area (Å²) in [5.41, 5.74) is 0.993. The molecule has 0 spiro atoms. The molecular formula is C30H44N4O4. The molecule has 2 atom stereocenters. The summed E-state index contributed by atoms with van der Waals surface area (Å²) >= 11 is 0. The molecule has 8 heteroatoms. The lowest BCUT2D eigenvalue weighted by atomic mass is 9.87. The van der Waals surface area contributed by atoms with Crippen LogP contribution in [0.1, 0.15) is 77.2 Å². The van der Waals surface area contributed by atoms with Gasteiger partial charge in [0.25, 0.3) is 0 Å². The van der Waals surface area contributed by atoms with Crippen LogP contribution in [-0.4, -0.2) is 76.6 Å². The van der Waals surface area contributed by atoms with E-state index >= 15 is 0 Å². The molecule has 4 rings (SSSR count). The molecule has 0 unspecified atom stereocenters. The number of carbonyl (C=O) groups excluding carboxylic acids is 4. The summed E-state index contributed by atoms with van der Waals surface area (Å²) < 4.78 is 0. The number of carbonyl (C=O) groups is 4. The van der Waals surface area contributed by atoms with Gasteiger partial charge in [-0.25, -0.2) is 0 Å². The van der Waals surface area contributed by atoms with Crippen LogP contribution in [0.15, 0.2) is 30.3 Å². The molecule has 1 aromatic carbocycles. The molecule has 38 heavy (non-hydrogen) atoms. The second-order valence-electron chi connectivity index (χ2n) is 11.8.